The van der Waals surface area contributed by atoms with Crippen molar-refractivity contribution in [1.82, 2.24) is 4.90 Å². The quantitative estimate of drug-likeness (QED) is 0.884. The number of halogens is 2. The second kappa shape index (κ2) is 8.19. The molecule has 0 fully saturated rings. The topological polar surface area (TPSA) is 49.4 Å². The zero-order chi connectivity index (χ0) is 17.5. The van der Waals surface area contributed by atoms with Crippen molar-refractivity contribution in [2.24, 2.45) is 0 Å². The average molecular weight is 332 g/mol. The highest BCUT2D eigenvalue weighted by Gasteiger charge is 2.14. The first kappa shape index (κ1) is 17.6. The van der Waals surface area contributed by atoms with Crippen molar-refractivity contribution in [3.05, 3.63) is 65.7 Å². The lowest BCUT2D eigenvalue weighted by molar-refractivity contribution is -0.132. The predicted molar refractivity (Wildman–Crippen MR) is 87.4 cm³/mol. The maximum absolute atomic E-state index is 13.6. The maximum Gasteiger partial charge on any atom is 0.243 e. The fourth-order valence-electron chi connectivity index (χ4n) is 2.21. The Balaban J connectivity index is 1.93. The van der Waals surface area contributed by atoms with Gasteiger partial charge in [-0.3, -0.25) is 9.59 Å². The van der Waals surface area contributed by atoms with Crippen LogP contribution in [-0.4, -0.2) is 29.8 Å². The molecule has 24 heavy (non-hydrogen) atoms. The molecule has 1 N–H and O–H groups in total. The first-order valence-electron chi connectivity index (χ1n) is 7.50. The predicted octanol–water partition coefficient (Wildman–Crippen LogP) is 2.99. The van der Waals surface area contributed by atoms with E-state index in [1.54, 1.807) is 18.2 Å². The van der Waals surface area contributed by atoms with Gasteiger partial charge < -0.3 is 10.2 Å². The van der Waals surface area contributed by atoms with Crippen molar-refractivity contribution in [3.63, 3.8) is 0 Å². The van der Waals surface area contributed by atoms with Gasteiger partial charge >= 0.3 is 0 Å². The van der Waals surface area contributed by atoms with Crippen molar-refractivity contribution in [1.29, 1.82) is 0 Å². The van der Waals surface area contributed by atoms with E-state index in [1.807, 2.05) is 0 Å². The highest BCUT2D eigenvalue weighted by molar-refractivity contribution is 5.94. The lowest BCUT2D eigenvalue weighted by Crippen LogP contribution is -2.38. The Hall–Kier alpha value is -2.76. The normalized spacial score (nSPS) is 10.3. The largest absolute Gasteiger partial charge is 0.333 e. The van der Waals surface area contributed by atoms with Gasteiger partial charge in [0.05, 0.1) is 6.54 Å². The summed E-state index contributed by atoms with van der Waals surface area (Å²) in [4.78, 5) is 25.0. The molecule has 2 amide bonds. The van der Waals surface area contributed by atoms with Crippen LogP contribution in [0.4, 0.5) is 14.5 Å². The summed E-state index contributed by atoms with van der Waals surface area (Å²) in [5, 5.41) is 2.59. The molecule has 2 rings (SSSR count). The van der Waals surface area contributed by atoms with E-state index in [4.69, 9.17) is 0 Å². The lowest BCUT2D eigenvalue weighted by atomic mass is 10.1. The molecular formula is C18H18F2N2O2. The number of carbonyl (C=O) groups is 2. The number of hydrogen-bond donors (Lipinski definition) is 1. The van der Waals surface area contributed by atoms with Crippen LogP contribution in [0.2, 0.25) is 0 Å². The standard InChI is InChI=1S/C18H18F2N2O2/c1-13(23)22(11-10-14-4-2-3-5-17(14)20)12-18(24)21-16-8-6-15(19)7-9-16/h2-9H,10-12H2,1H3,(H,21,24). The number of carbonyl (C=O) groups excluding carboxylic acids is 2. The third-order valence-electron chi connectivity index (χ3n) is 3.52. The molecular weight excluding hydrogens is 314 g/mol. The van der Waals surface area contributed by atoms with Gasteiger partial charge in [0.1, 0.15) is 11.6 Å². The molecule has 0 atom stereocenters. The Morgan fingerprint density at radius 1 is 1.04 bits per heavy atom. The highest BCUT2D eigenvalue weighted by Crippen LogP contribution is 2.10. The van der Waals surface area contributed by atoms with Gasteiger partial charge in [-0.05, 0) is 42.3 Å². The van der Waals surface area contributed by atoms with Gasteiger partial charge in [-0.1, -0.05) is 18.2 Å². The highest BCUT2D eigenvalue weighted by atomic mass is 19.1. The molecule has 2 aromatic carbocycles. The van der Waals surface area contributed by atoms with Crippen LogP contribution in [0.25, 0.3) is 0 Å². The van der Waals surface area contributed by atoms with Crippen molar-refractivity contribution in [2.45, 2.75) is 13.3 Å². The molecule has 0 saturated heterocycles. The molecule has 6 heteroatoms. The molecule has 0 unspecified atom stereocenters. The molecule has 0 bridgehead atoms. The summed E-state index contributed by atoms with van der Waals surface area (Å²) in [6.07, 6.45) is 0.316. The number of nitrogens with zero attached hydrogens (tertiary/aromatic N) is 1. The minimum Gasteiger partial charge on any atom is -0.333 e. The van der Waals surface area contributed by atoms with Crippen molar-refractivity contribution in [2.75, 3.05) is 18.4 Å². The molecule has 0 radical (unpaired) electrons. The molecule has 2 aromatic rings. The van der Waals surface area contributed by atoms with E-state index in [0.717, 1.165) is 0 Å². The van der Waals surface area contributed by atoms with Gasteiger partial charge in [0.15, 0.2) is 0 Å². The smallest absolute Gasteiger partial charge is 0.243 e. The van der Waals surface area contributed by atoms with Crippen LogP contribution in [0, 0.1) is 11.6 Å². The average Bonchev–Trinajstić information content (AvgIpc) is 2.54. The third-order valence-corrected chi connectivity index (χ3v) is 3.52. The van der Waals surface area contributed by atoms with Gasteiger partial charge in [0.25, 0.3) is 0 Å². The van der Waals surface area contributed by atoms with Crippen LogP contribution < -0.4 is 5.32 Å². The molecule has 0 aliphatic carbocycles. The first-order chi connectivity index (χ1) is 11.5. The van der Waals surface area contributed by atoms with E-state index in [1.165, 1.54) is 42.2 Å². The molecule has 0 heterocycles. The van der Waals surface area contributed by atoms with Gasteiger partial charge in [-0.2, -0.15) is 0 Å². The maximum atomic E-state index is 13.6. The number of hydrogen-bond acceptors (Lipinski definition) is 2. The molecule has 0 aliphatic heterocycles. The van der Waals surface area contributed by atoms with Gasteiger partial charge in [-0.15, -0.1) is 0 Å². The first-order valence-corrected chi connectivity index (χ1v) is 7.50. The SMILES string of the molecule is CC(=O)N(CCc1ccccc1F)CC(=O)Nc1ccc(F)cc1. The monoisotopic (exact) mass is 332 g/mol. The minimum absolute atomic E-state index is 0.152. The second-order valence-corrected chi connectivity index (χ2v) is 5.34. The van der Waals surface area contributed by atoms with E-state index < -0.39 is 11.7 Å². The molecule has 0 saturated carbocycles. The summed E-state index contributed by atoms with van der Waals surface area (Å²) in [6.45, 7) is 1.43. The van der Waals surface area contributed by atoms with Crippen LogP contribution in [0.15, 0.2) is 48.5 Å². The zero-order valence-corrected chi connectivity index (χ0v) is 13.3. The third kappa shape index (κ3) is 5.15. The number of amides is 2. The summed E-state index contributed by atoms with van der Waals surface area (Å²) in [5.41, 5.74) is 0.932. The Kier molecular flexibility index (Phi) is 6.01. The minimum atomic E-state index is -0.400. The fraction of sp³-hybridized carbons (Fsp3) is 0.222. The number of anilines is 1. The molecule has 0 aliphatic rings. The fourth-order valence-corrected chi connectivity index (χ4v) is 2.21. The number of nitrogens with one attached hydrogen (secondary N) is 1. The summed E-state index contributed by atoms with van der Waals surface area (Å²) in [7, 11) is 0. The van der Waals surface area contributed by atoms with Crippen LogP contribution in [0.5, 0.6) is 0 Å². The van der Waals surface area contributed by atoms with E-state index >= 15 is 0 Å². The van der Waals surface area contributed by atoms with Crippen LogP contribution in [0.3, 0.4) is 0 Å². The Bertz CT molecular complexity index is 717. The van der Waals surface area contributed by atoms with Crippen molar-refractivity contribution >= 4 is 17.5 Å². The molecule has 0 aromatic heterocycles. The van der Waals surface area contributed by atoms with Crippen LogP contribution >= 0.6 is 0 Å². The number of rotatable bonds is 6. The second-order valence-electron chi connectivity index (χ2n) is 5.34. The lowest BCUT2D eigenvalue weighted by Gasteiger charge is -2.20. The summed E-state index contributed by atoms with van der Waals surface area (Å²) >= 11 is 0. The summed E-state index contributed by atoms with van der Waals surface area (Å²) in [6, 6.07) is 11.7. The van der Waals surface area contributed by atoms with E-state index in [0.29, 0.717) is 17.7 Å². The number of benzene rings is 2. The van der Waals surface area contributed by atoms with Crippen LogP contribution in [-0.2, 0) is 16.0 Å². The van der Waals surface area contributed by atoms with Gasteiger partial charge in [0.2, 0.25) is 11.8 Å². The molecule has 126 valence electrons. The van der Waals surface area contributed by atoms with E-state index in [2.05, 4.69) is 5.32 Å². The van der Waals surface area contributed by atoms with Crippen LogP contribution in [0.1, 0.15) is 12.5 Å². The zero-order valence-electron chi connectivity index (χ0n) is 13.3. The van der Waals surface area contributed by atoms with Crippen molar-refractivity contribution in [3.8, 4) is 0 Å². The Morgan fingerprint density at radius 2 is 1.71 bits per heavy atom. The summed E-state index contributed by atoms with van der Waals surface area (Å²) < 4.78 is 26.4. The van der Waals surface area contributed by atoms with E-state index in [9.17, 15) is 18.4 Å². The van der Waals surface area contributed by atoms with Gasteiger partial charge in [0, 0.05) is 19.2 Å². The van der Waals surface area contributed by atoms with Gasteiger partial charge in [-0.25, -0.2) is 8.78 Å². The summed E-state index contributed by atoms with van der Waals surface area (Å²) in [5.74, 6) is -1.41. The molecule has 4 nitrogen and oxygen atoms in total. The van der Waals surface area contributed by atoms with Crippen molar-refractivity contribution < 1.29 is 18.4 Å². The molecule has 0 spiro atoms. The van der Waals surface area contributed by atoms with E-state index in [-0.39, 0.29) is 24.8 Å². The Morgan fingerprint density at radius 3 is 2.33 bits per heavy atom. The Labute approximate surface area is 139 Å².